The number of carboxylic acid groups (broad SMARTS) is 1. The summed E-state index contributed by atoms with van der Waals surface area (Å²) in [6.07, 6.45) is 0. The largest absolute Gasteiger partial charge is 0.507 e. The lowest BCUT2D eigenvalue weighted by Crippen LogP contribution is -2.20. The van der Waals surface area contributed by atoms with E-state index < -0.39 is 11.9 Å². The van der Waals surface area contributed by atoms with Gasteiger partial charge in [0.05, 0.1) is 0 Å². The maximum atomic E-state index is 11.8. The van der Waals surface area contributed by atoms with Gasteiger partial charge in [-0.25, -0.2) is 4.79 Å². The Morgan fingerprint density at radius 3 is 2.45 bits per heavy atom. The second-order valence-electron chi connectivity index (χ2n) is 4.69. The Morgan fingerprint density at radius 2 is 1.82 bits per heavy atom. The molecule has 114 valence electrons. The number of amides is 1. The van der Waals surface area contributed by atoms with Gasteiger partial charge in [0.1, 0.15) is 17.1 Å². The number of carboxylic acids is 1. The third kappa shape index (κ3) is 3.99. The van der Waals surface area contributed by atoms with E-state index in [0.717, 1.165) is 5.56 Å². The van der Waals surface area contributed by atoms with Crippen molar-refractivity contribution in [1.82, 2.24) is 0 Å². The van der Waals surface area contributed by atoms with E-state index in [1.165, 1.54) is 18.2 Å². The van der Waals surface area contributed by atoms with Crippen molar-refractivity contribution in [2.24, 2.45) is 0 Å². The summed E-state index contributed by atoms with van der Waals surface area (Å²) < 4.78 is 5.32. The summed E-state index contributed by atoms with van der Waals surface area (Å²) >= 11 is 0. The Labute approximate surface area is 127 Å². The highest BCUT2D eigenvalue weighted by Gasteiger charge is 2.11. The van der Waals surface area contributed by atoms with Crippen LogP contribution in [-0.2, 0) is 4.79 Å². The summed E-state index contributed by atoms with van der Waals surface area (Å²) in [4.78, 5) is 22.7. The van der Waals surface area contributed by atoms with Crippen LogP contribution in [0.4, 0.5) is 5.69 Å². The molecule has 0 heterocycles. The summed E-state index contributed by atoms with van der Waals surface area (Å²) in [5.41, 5.74) is 1.08. The zero-order chi connectivity index (χ0) is 16.1. The first-order valence-corrected chi connectivity index (χ1v) is 6.51. The minimum Gasteiger partial charge on any atom is -0.507 e. The van der Waals surface area contributed by atoms with Gasteiger partial charge in [-0.2, -0.15) is 0 Å². The average molecular weight is 301 g/mol. The number of hydrogen-bond acceptors (Lipinski definition) is 4. The predicted molar refractivity (Wildman–Crippen MR) is 80.4 cm³/mol. The maximum Gasteiger partial charge on any atom is 0.339 e. The van der Waals surface area contributed by atoms with Crippen LogP contribution in [0, 0.1) is 6.92 Å². The van der Waals surface area contributed by atoms with Gasteiger partial charge in [0.15, 0.2) is 6.61 Å². The number of aromatic hydroxyl groups is 1. The van der Waals surface area contributed by atoms with Crippen molar-refractivity contribution in [3.05, 3.63) is 53.6 Å². The topological polar surface area (TPSA) is 95.9 Å². The lowest BCUT2D eigenvalue weighted by Gasteiger charge is -2.09. The molecule has 1 amide bonds. The Kier molecular flexibility index (Phi) is 4.63. The van der Waals surface area contributed by atoms with Crippen molar-refractivity contribution < 1.29 is 24.5 Å². The quantitative estimate of drug-likeness (QED) is 0.737. The van der Waals surface area contributed by atoms with Crippen molar-refractivity contribution in [1.29, 1.82) is 0 Å². The van der Waals surface area contributed by atoms with Crippen LogP contribution in [0.3, 0.4) is 0 Å². The van der Waals surface area contributed by atoms with E-state index in [9.17, 15) is 14.7 Å². The van der Waals surface area contributed by atoms with Crippen molar-refractivity contribution >= 4 is 17.6 Å². The van der Waals surface area contributed by atoms with Gasteiger partial charge in [-0.1, -0.05) is 17.7 Å². The molecule has 0 fully saturated rings. The van der Waals surface area contributed by atoms with Gasteiger partial charge in [-0.15, -0.1) is 0 Å². The first kappa shape index (κ1) is 15.4. The molecule has 0 aliphatic rings. The number of ether oxygens (including phenoxy) is 1. The number of anilines is 1. The van der Waals surface area contributed by atoms with Crippen LogP contribution in [-0.4, -0.2) is 28.7 Å². The standard InChI is InChI=1S/C16H15NO5/c1-10-2-5-12(6-3-10)22-9-15(19)17-11-4-7-14(18)13(8-11)16(20)21/h2-8,18H,9H2,1H3,(H,17,19)(H,20,21). The molecule has 2 aromatic rings. The molecule has 2 aromatic carbocycles. The molecule has 0 unspecified atom stereocenters. The maximum absolute atomic E-state index is 11.8. The molecular formula is C16H15NO5. The Balaban J connectivity index is 1.96. The number of carbonyl (C=O) groups is 2. The van der Waals surface area contributed by atoms with Crippen LogP contribution in [0.1, 0.15) is 15.9 Å². The molecule has 0 aromatic heterocycles. The van der Waals surface area contributed by atoms with E-state index >= 15 is 0 Å². The molecule has 6 nitrogen and oxygen atoms in total. The summed E-state index contributed by atoms with van der Waals surface area (Å²) in [6.45, 7) is 1.74. The van der Waals surface area contributed by atoms with Crippen LogP contribution in [0.2, 0.25) is 0 Å². The first-order valence-electron chi connectivity index (χ1n) is 6.51. The number of aryl methyl sites for hydroxylation is 1. The van der Waals surface area contributed by atoms with Crippen molar-refractivity contribution in [2.75, 3.05) is 11.9 Å². The van der Waals surface area contributed by atoms with E-state index in [1.807, 2.05) is 19.1 Å². The van der Waals surface area contributed by atoms with Gasteiger partial charge in [0.25, 0.3) is 5.91 Å². The molecule has 0 aliphatic carbocycles. The van der Waals surface area contributed by atoms with Gasteiger partial charge in [0.2, 0.25) is 0 Å². The molecule has 3 N–H and O–H groups in total. The Hall–Kier alpha value is -3.02. The fourth-order valence-corrected chi connectivity index (χ4v) is 1.77. The minimum atomic E-state index is -1.27. The number of rotatable bonds is 5. The minimum absolute atomic E-state index is 0.202. The number of carbonyl (C=O) groups excluding carboxylic acids is 1. The first-order chi connectivity index (χ1) is 10.5. The summed E-state index contributed by atoms with van der Waals surface area (Å²) in [6, 6.07) is 11.0. The molecule has 0 spiro atoms. The second kappa shape index (κ2) is 6.62. The molecule has 2 rings (SSSR count). The van der Waals surface area contributed by atoms with Crippen LogP contribution in [0.15, 0.2) is 42.5 Å². The van der Waals surface area contributed by atoms with Crippen LogP contribution >= 0.6 is 0 Å². The third-order valence-corrected chi connectivity index (χ3v) is 2.90. The number of nitrogens with one attached hydrogen (secondary N) is 1. The van der Waals surface area contributed by atoms with Crippen molar-refractivity contribution in [3.63, 3.8) is 0 Å². The fourth-order valence-electron chi connectivity index (χ4n) is 1.77. The fraction of sp³-hybridized carbons (Fsp3) is 0.125. The monoisotopic (exact) mass is 301 g/mol. The van der Waals surface area contributed by atoms with E-state index in [0.29, 0.717) is 5.75 Å². The smallest absolute Gasteiger partial charge is 0.339 e. The highest BCUT2D eigenvalue weighted by Crippen LogP contribution is 2.21. The number of aromatic carboxylic acids is 1. The lowest BCUT2D eigenvalue weighted by atomic mass is 10.2. The molecule has 0 radical (unpaired) electrons. The lowest BCUT2D eigenvalue weighted by molar-refractivity contribution is -0.118. The molecule has 0 aliphatic heterocycles. The van der Waals surface area contributed by atoms with Gasteiger partial charge < -0.3 is 20.3 Å². The highest BCUT2D eigenvalue weighted by molar-refractivity contribution is 5.96. The van der Waals surface area contributed by atoms with Crippen molar-refractivity contribution in [3.8, 4) is 11.5 Å². The molecule has 6 heteroatoms. The average Bonchev–Trinajstić information content (AvgIpc) is 2.48. The molecular weight excluding hydrogens is 286 g/mol. The summed E-state index contributed by atoms with van der Waals surface area (Å²) in [5.74, 6) is -1.49. The number of phenols is 1. The van der Waals surface area contributed by atoms with Gasteiger partial charge >= 0.3 is 5.97 Å². The molecule has 0 saturated heterocycles. The SMILES string of the molecule is Cc1ccc(OCC(=O)Nc2ccc(O)c(C(=O)O)c2)cc1. The Bertz CT molecular complexity index is 694. The van der Waals surface area contributed by atoms with Gasteiger partial charge in [0, 0.05) is 5.69 Å². The molecule has 0 atom stereocenters. The predicted octanol–water partition coefficient (Wildman–Crippen LogP) is 2.42. The zero-order valence-corrected chi connectivity index (χ0v) is 11.9. The molecule has 22 heavy (non-hydrogen) atoms. The summed E-state index contributed by atoms with van der Waals surface area (Å²) in [5, 5.41) is 20.8. The van der Waals surface area contributed by atoms with Gasteiger partial charge in [-0.3, -0.25) is 4.79 Å². The van der Waals surface area contributed by atoms with E-state index in [4.69, 9.17) is 9.84 Å². The van der Waals surface area contributed by atoms with Crippen LogP contribution in [0.5, 0.6) is 11.5 Å². The highest BCUT2D eigenvalue weighted by atomic mass is 16.5. The third-order valence-electron chi connectivity index (χ3n) is 2.90. The normalized spacial score (nSPS) is 10.0. The van der Waals surface area contributed by atoms with E-state index in [-0.39, 0.29) is 23.6 Å². The number of benzene rings is 2. The Morgan fingerprint density at radius 1 is 1.14 bits per heavy atom. The van der Waals surface area contributed by atoms with E-state index in [2.05, 4.69) is 5.32 Å². The van der Waals surface area contributed by atoms with Crippen molar-refractivity contribution in [2.45, 2.75) is 6.92 Å². The molecule has 0 bridgehead atoms. The zero-order valence-electron chi connectivity index (χ0n) is 11.9. The van der Waals surface area contributed by atoms with E-state index in [1.54, 1.807) is 12.1 Å². The van der Waals surface area contributed by atoms with Crippen LogP contribution < -0.4 is 10.1 Å². The van der Waals surface area contributed by atoms with Crippen LogP contribution in [0.25, 0.3) is 0 Å². The summed E-state index contributed by atoms with van der Waals surface area (Å²) in [7, 11) is 0. The van der Waals surface area contributed by atoms with Gasteiger partial charge in [-0.05, 0) is 37.3 Å². The molecule has 0 saturated carbocycles. The number of hydrogen-bond donors (Lipinski definition) is 3. The second-order valence-corrected chi connectivity index (χ2v) is 4.69.